The first kappa shape index (κ1) is 11.9. The predicted octanol–water partition coefficient (Wildman–Crippen LogP) is 0.583. The molecule has 1 amide bonds. The molecule has 0 aromatic carbocycles. The van der Waals surface area contributed by atoms with E-state index in [1.807, 2.05) is 0 Å². The van der Waals surface area contributed by atoms with Gasteiger partial charge >= 0.3 is 0 Å². The number of aromatic nitrogens is 2. The van der Waals surface area contributed by atoms with Gasteiger partial charge in [-0.05, 0) is 19.1 Å². The fourth-order valence-electron chi connectivity index (χ4n) is 1.10. The molecule has 0 spiro atoms. The van der Waals surface area contributed by atoms with E-state index in [2.05, 4.69) is 10.2 Å². The molecule has 15 heavy (non-hydrogen) atoms. The summed E-state index contributed by atoms with van der Waals surface area (Å²) in [7, 11) is 1.59. The zero-order valence-electron chi connectivity index (χ0n) is 8.51. The van der Waals surface area contributed by atoms with Crippen molar-refractivity contribution in [2.75, 3.05) is 13.6 Å². The van der Waals surface area contributed by atoms with Crippen LogP contribution >= 0.6 is 11.6 Å². The van der Waals surface area contributed by atoms with Crippen LogP contribution in [0.25, 0.3) is 0 Å². The second-order valence-corrected chi connectivity index (χ2v) is 3.66. The van der Waals surface area contributed by atoms with Crippen molar-refractivity contribution in [2.24, 2.45) is 0 Å². The number of halogens is 1. The maximum absolute atomic E-state index is 11.7. The Balaban J connectivity index is 2.72. The Morgan fingerprint density at radius 3 is 2.73 bits per heavy atom. The molecule has 1 aromatic heterocycles. The van der Waals surface area contributed by atoms with E-state index >= 15 is 0 Å². The average molecular weight is 230 g/mol. The van der Waals surface area contributed by atoms with E-state index in [1.165, 1.54) is 17.0 Å². The van der Waals surface area contributed by atoms with Crippen molar-refractivity contribution in [3.05, 3.63) is 23.0 Å². The Kier molecular flexibility index (Phi) is 3.99. The number of aliphatic hydroxyl groups excluding tert-OH is 1. The lowest BCUT2D eigenvalue weighted by atomic mass is 10.3. The van der Waals surface area contributed by atoms with Gasteiger partial charge in [0.25, 0.3) is 5.91 Å². The number of hydrogen-bond acceptors (Lipinski definition) is 4. The third-order valence-electron chi connectivity index (χ3n) is 1.74. The van der Waals surface area contributed by atoms with Gasteiger partial charge in [-0.2, -0.15) is 0 Å². The van der Waals surface area contributed by atoms with Crippen LogP contribution in [0, 0.1) is 0 Å². The average Bonchev–Trinajstić information content (AvgIpc) is 2.17. The van der Waals surface area contributed by atoms with Gasteiger partial charge < -0.3 is 10.0 Å². The number of rotatable bonds is 3. The van der Waals surface area contributed by atoms with E-state index in [0.29, 0.717) is 0 Å². The highest BCUT2D eigenvalue weighted by Crippen LogP contribution is 2.04. The van der Waals surface area contributed by atoms with Crippen LogP contribution in [0.1, 0.15) is 17.4 Å². The predicted molar refractivity (Wildman–Crippen MR) is 55.7 cm³/mol. The monoisotopic (exact) mass is 229 g/mol. The first-order valence-electron chi connectivity index (χ1n) is 4.43. The van der Waals surface area contributed by atoms with Gasteiger partial charge in [0, 0.05) is 13.6 Å². The number of hydrogen-bond donors (Lipinski definition) is 1. The molecule has 0 aliphatic carbocycles. The maximum atomic E-state index is 11.7. The molecular weight excluding hydrogens is 218 g/mol. The lowest BCUT2D eigenvalue weighted by molar-refractivity contribution is 0.0697. The van der Waals surface area contributed by atoms with Crippen molar-refractivity contribution in [3.8, 4) is 0 Å². The SMILES string of the molecule is CC(O)CN(C)C(=O)c1ccc(Cl)nn1. The highest BCUT2D eigenvalue weighted by molar-refractivity contribution is 6.29. The summed E-state index contributed by atoms with van der Waals surface area (Å²) in [5.41, 5.74) is 0.211. The van der Waals surface area contributed by atoms with Crippen molar-refractivity contribution in [1.29, 1.82) is 0 Å². The minimum atomic E-state index is -0.570. The number of carbonyl (C=O) groups is 1. The molecule has 82 valence electrons. The molecule has 0 saturated heterocycles. The van der Waals surface area contributed by atoms with Crippen LogP contribution in [-0.4, -0.2) is 45.8 Å². The molecule has 5 nitrogen and oxygen atoms in total. The molecule has 6 heteroatoms. The molecule has 0 aliphatic heterocycles. The zero-order chi connectivity index (χ0) is 11.4. The second kappa shape index (κ2) is 5.04. The third-order valence-corrected chi connectivity index (χ3v) is 1.94. The van der Waals surface area contributed by atoms with Crippen molar-refractivity contribution in [1.82, 2.24) is 15.1 Å². The standard InChI is InChI=1S/C9H12ClN3O2/c1-6(14)5-13(2)9(15)7-3-4-8(10)12-11-7/h3-4,6,14H,5H2,1-2H3. The lowest BCUT2D eigenvalue weighted by Crippen LogP contribution is -2.33. The molecule has 1 heterocycles. The van der Waals surface area contributed by atoms with Crippen molar-refractivity contribution in [3.63, 3.8) is 0 Å². The molecule has 0 radical (unpaired) electrons. The van der Waals surface area contributed by atoms with Crippen molar-refractivity contribution in [2.45, 2.75) is 13.0 Å². The molecule has 1 N–H and O–H groups in total. The van der Waals surface area contributed by atoms with Crippen LogP contribution in [0.3, 0.4) is 0 Å². The van der Waals surface area contributed by atoms with Crippen LogP contribution in [0.2, 0.25) is 5.15 Å². The molecule has 0 bridgehead atoms. The van der Waals surface area contributed by atoms with E-state index in [0.717, 1.165) is 0 Å². The summed E-state index contributed by atoms with van der Waals surface area (Å²) >= 11 is 5.54. The van der Waals surface area contributed by atoms with Gasteiger partial charge in [0.05, 0.1) is 6.10 Å². The summed E-state index contributed by atoms with van der Waals surface area (Å²) in [6.45, 7) is 1.86. The quantitative estimate of drug-likeness (QED) is 0.824. The van der Waals surface area contributed by atoms with Gasteiger partial charge in [-0.25, -0.2) is 0 Å². The van der Waals surface area contributed by atoms with Crippen LogP contribution in [-0.2, 0) is 0 Å². The third kappa shape index (κ3) is 3.45. The Bertz CT molecular complexity index is 340. The topological polar surface area (TPSA) is 66.3 Å². The molecule has 1 unspecified atom stereocenters. The first-order chi connectivity index (χ1) is 7.00. The highest BCUT2D eigenvalue weighted by Gasteiger charge is 2.14. The van der Waals surface area contributed by atoms with Crippen LogP contribution in [0.15, 0.2) is 12.1 Å². The fraction of sp³-hybridized carbons (Fsp3) is 0.444. The van der Waals surface area contributed by atoms with Gasteiger partial charge in [0.2, 0.25) is 0 Å². The van der Waals surface area contributed by atoms with Crippen LogP contribution in [0.5, 0.6) is 0 Å². The highest BCUT2D eigenvalue weighted by atomic mass is 35.5. The van der Waals surface area contributed by atoms with E-state index in [4.69, 9.17) is 16.7 Å². The number of nitrogens with zero attached hydrogens (tertiary/aromatic N) is 3. The number of likely N-dealkylation sites (N-methyl/N-ethyl adjacent to an activating group) is 1. The largest absolute Gasteiger partial charge is 0.392 e. The van der Waals surface area contributed by atoms with Gasteiger partial charge in [0.1, 0.15) is 0 Å². The molecular formula is C9H12ClN3O2. The van der Waals surface area contributed by atoms with E-state index in [-0.39, 0.29) is 23.3 Å². The summed E-state index contributed by atoms with van der Waals surface area (Å²) in [5, 5.41) is 16.6. The van der Waals surface area contributed by atoms with Gasteiger partial charge in [0.15, 0.2) is 10.8 Å². The number of carbonyl (C=O) groups excluding carboxylic acids is 1. The second-order valence-electron chi connectivity index (χ2n) is 3.28. The molecule has 1 rings (SSSR count). The molecule has 1 atom stereocenters. The Morgan fingerprint density at radius 2 is 2.27 bits per heavy atom. The van der Waals surface area contributed by atoms with E-state index in [1.54, 1.807) is 14.0 Å². The minimum Gasteiger partial charge on any atom is -0.392 e. The van der Waals surface area contributed by atoms with Gasteiger partial charge in [-0.3, -0.25) is 4.79 Å². The van der Waals surface area contributed by atoms with Crippen LogP contribution < -0.4 is 0 Å². The fourth-order valence-corrected chi connectivity index (χ4v) is 1.21. The summed E-state index contributed by atoms with van der Waals surface area (Å²) in [6, 6.07) is 2.99. The van der Waals surface area contributed by atoms with Crippen LogP contribution in [0.4, 0.5) is 0 Å². The Morgan fingerprint density at radius 1 is 1.60 bits per heavy atom. The molecule has 0 saturated carbocycles. The number of aliphatic hydroxyl groups is 1. The van der Waals surface area contributed by atoms with Crippen molar-refractivity contribution < 1.29 is 9.90 Å². The summed E-state index contributed by atoms with van der Waals surface area (Å²) < 4.78 is 0. The summed E-state index contributed by atoms with van der Waals surface area (Å²) in [5.74, 6) is -0.292. The number of amides is 1. The van der Waals surface area contributed by atoms with Gasteiger partial charge in [-0.15, -0.1) is 10.2 Å². The van der Waals surface area contributed by atoms with Crippen molar-refractivity contribution >= 4 is 17.5 Å². The smallest absolute Gasteiger partial charge is 0.274 e. The first-order valence-corrected chi connectivity index (χ1v) is 4.81. The minimum absolute atomic E-state index is 0.211. The maximum Gasteiger partial charge on any atom is 0.274 e. The normalized spacial score (nSPS) is 12.3. The lowest BCUT2D eigenvalue weighted by Gasteiger charge is -2.17. The Hall–Kier alpha value is -1.20. The van der Waals surface area contributed by atoms with Gasteiger partial charge in [-0.1, -0.05) is 11.6 Å². The molecule has 1 aromatic rings. The van der Waals surface area contributed by atoms with E-state index in [9.17, 15) is 4.79 Å². The zero-order valence-corrected chi connectivity index (χ0v) is 9.27. The van der Waals surface area contributed by atoms with E-state index < -0.39 is 6.10 Å². The summed E-state index contributed by atoms with van der Waals surface area (Å²) in [4.78, 5) is 13.0. The molecule has 0 fully saturated rings. The summed E-state index contributed by atoms with van der Waals surface area (Å²) in [6.07, 6.45) is -0.570. The molecule has 0 aliphatic rings. The Labute approximate surface area is 92.7 Å².